The fourth-order valence-corrected chi connectivity index (χ4v) is 3.20. The number of urea groups is 1. The van der Waals surface area contributed by atoms with E-state index in [0.29, 0.717) is 5.56 Å². The zero-order valence-electron chi connectivity index (χ0n) is 15.9. The average Bonchev–Trinajstić information content (AvgIpc) is 2.70. The number of rotatable bonds is 7. The second kappa shape index (κ2) is 9.77. The number of carbonyl (C=O) groups excluding carboxylic acids is 1. The van der Waals surface area contributed by atoms with Crippen LogP contribution in [-0.4, -0.2) is 36.0 Å². The largest absolute Gasteiger partial charge is 0.464 e. The Bertz CT molecular complexity index is 1200. The van der Waals surface area contributed by atoms with Crippen LogP contribution in [0.15, 0.2) is 48.5 Å². The van der Waals surface area contributed by atoms with E-state index in [1.54, 1.807) is 35.9 Å². The van der Waals surface area contributed by atoms with Gasteiger partial charge in [-0.15, -0.1) is 0 Å². The van der Waals surface area contributed by atoms with Crippen molar-refractivity contribution in [3.8, 4) is 23.1 Å². The van der Waals surface area contributed by atoms with Crippen molar-refractivity contribution in [2.75, 3.05) is 11.9 Å². The summed E-state index contributed by atoms with van der Waals surface area (Å²) in [6.07, 6.45) is 0. The summed E-state index contributed by atoms with van der Waals surface area (Å²) in [6.45, 7) is 2.01. The third kappa shape index (κ3) is 6.41. The molecule has 2 N–H and O–H groups in total. The summed E-state index contributed by atoms with van der Waals surface area (Å²) in [5.41, 5.74) is 0.643. The predicted octanol–water partition coefficient (Wildman–Crippen LogP) is 3.69. The van der Waals surface area contributed by atoms with Gasteiger partial charge in [-0.3, -0.25) is 5.32 Å². The molecule has 31 heavy (non-hydrogen) atoms. The maximum Gasteiger partial charge on any atom is 0.411 e. The van der Waals surface area contributed by atoms with Crippen molar-refractivity contribution in [1.82, 2.24) is 19.7 Å². The van der Waals surface area contributed by atoms with E-state index in [2.05, 4.69) is 20.3 Å². The van der Waals surface area contributed by atoms with Gasteiger partial charge in [0, 0.05) is 11.6 Å². The molecule has 0 atom stereocenters. The minimum Gasteiger partial charge on any atom is -0.464 e. The summed E-state index contributed by atoms with van der Waals surface area (Å²) in [7, 11) is -4.53. The van der Waals surface area contributed by atoms with Crippen LogP contribution in [0.2, 0.25) is 10.0 Å². The van der Waals surface area contributed by atoms with Crippen LogP contribution in [0.4, 0.5) is 10.7 Å². The van der Waals surface area contributed by atoms with E-state index in [1.807, 2.05) is 6.07 Å². The zero-order valence-corrected chi connectivity index (χ0v) is 18.2. The van der Waals surface area contributed by atoms with E-state index in [1.165, 1.54) is 18.2 Å². The summed E-state index contributed by atoms with van der Waals surface area (Å²) < 4.78 is 36.0. The van der Waals surface area contributed by atoms with Gasteiger partial charge in [-0.25, -0.2) is 9.52 Å². The highest BCUT2D eigenvalue weighted by Crippen LogP contribution is 2.27. The lowest BCUT2D eigenvalue weighted by Gasteiger charge is -2.10. The van der Waals surface area contributed by atoms with E-state index in [-0.39, 0.29) is 40.2 Å². The summed E-state index contributed by atoms with van der Waals surface area (Å²) in [4.78, 5) is 24.4. The van der Waals surface area contributed by atoms with Crippen molar-refractivity contribution in [2.24, 2.45) is 0 Å². The molecule has 162 valence electrons. The quantitative estimate of drug-likeness (QED) is 0.519. The molecule has 0 fully saturated rings. The summed E-state index contributed by atoms with van der Waals surface area (Å²) in [5.74, 6) is -0.135. The maximum absolute atomic E-state index is 12.2. The topological polar surface area (TPSA) is 132 Å². The molecule has 3 rings (SSSR count). The first-order valence-electron chi connectivity index (χ1n) is 8.68. The third-order valence-corrected chi connectivity index (χ3v) is 5.05. The fraction of sp³-hybridized carbons (Fsp3) is 0.111. The second-order valence-electron chi connectivity index (χ2n) is 5.73. The minimum atomic E-state index is -4.53. The van der Waals surface area contributed by atoms with Gasteiger partial charge in [0.15, 0.2) is 5.82 Å². The molecule has 13 heteroatoms. The first-order valence-corrected chi connectivity index (χ1v) is 10.8. The Morgan fingerprint density at radius 3 is 2.45 bits per heavy atom. The van der Waals surface area contributed by atoms with Crippen molar-refractivity contribution in [1.29, 1.82) is 0 Å². The Morgan fingerprint density at radius 2 is 1.77 bits per heavy atom. The van der Waals surface area contributed by atoms with Crippen molar-refractivity contribution in [3.63, 3.8) is 0 Å². The number of ether oxygens (including phenoxy) is 1. The Balaban J connectivity index is 1.75. The molecule has 0 aliphatic rings. The van der Waals surface area contributed by atoms with Gasteiger partial charge in [0.2, 0.25) is 5.95 Å². The van der Waals surface area contributed by atoms with Gasteiger partial charge in [-0.2, -0.15) is 23.4 Å². The predicted molar refractivity (Wildman–Crippen MR) is 115 cm³/mol. The van der Waals surface area contributed by atoms with Gasteiger partial charge < -0.3 is 8.92 Å². The number of carbonyl (C=O) groups is 1. The number of amides is 2. The van der Waals surface area contributed by atoms with E-state index in [4.69, 9.17) is 32.1 Å². The molecule has 0 spiro atoms. The molecule has 10 nitrogen and oxygen atoms in total. The van der Waals surface area contributed by atoms with Crippen LogP contribution in [0, 0.1) is 0 Å². The molecular formula is C18H15Cl2N5O5S. The van der Waals surface area contributed by atoms with Crippen LogP contribution < -0.4 is 19.0 Å². The van der Waals surface area contributed by atoms with E-state index in [0.717, 1.165) is 0 Å². The molecule has 0 aliphatic heterocycles. The molecule has 3 aromatic rings. The monoisotopic (exact) mass is 483 g/mol. The smallest absolute Gasteiger partial charge is 0.411 e. The van der Waals surface area contributed by atoms with Crippen LogP contribution in [-0.2, 0) is 10.3 Å². The number of hydrogen-bond acceptors (Lipinski definition) is 8. The number of nitrogens with zero attached hydrogens (tertiary/aromatic N) is 3. The molecule has 0 saturated heterocycles. The van der Waals surface area contributed by atoms with Crippen LogP contribution in [0.25, 0.3) is 11.4 Å². The van der Waals surface area contributed by atoms with Crippen molar-refractivity contribution < 1.29 is 22.1 Å². The first-order chi connectivity index (χ1) is 14.8. The normalized spacial score (nSPS) is 10.9. The van der Waals surface area contributed by atoms with E-state index < -0.39 is 16.3 Å². The molecule has 2 amide bonds. The highest BCUT2D eigenvalue weighted by atomic mass is 35.5. The Labute approximate surface area is 187 Å². The van der Waals surface area contributed by atoms with Gasteiger partial charge in [0.25, 0.3) is 0 Å². The second-order valence-corrected chi connectivity index (χ2v) is 7.83. The highest BCUT2D eigenvalue weighted by molar-refractivity contribution is 7.85. The van der Waals surface area contributed by atoms with Gasteiger partial charge in [-0.1, -0.05) is 53.5 Å². The molecule has 1 aromatic heterocycles. The molecule has 0 radical (unpaired) electrons. The van der Waals surface area contributed by atoms with Gasteiger partial charge in [0.05, 0.1) is 16.7 Å². The number of hydrogen-bond donors (Lipinski definition) is 2. The van der Waals surface area contributed by atoms with Crippen molar-refractivity contribution >= 4 is 45.5 Å². The lowest BCUT2D eigenvalue weighted by molar-refractivity contribution is 0.255. The van der Waals surface area contributed by atoms with E-state index in [9.17, 15) is 13.2 Å². The number of aromatic nitrogens is 3. The molecule has 0 saturated carbocycles. The van der Waals surface area contributed by atoms with Crippen molar-refractivity contribution in [3.05, 3.63) is 58.6 Å². The van der Waals surface area contributed by atoms with E-state index >= 15 is 0 Å². The van der Waals surface area contributed by atoms with Gasteiger partial charge in [-0.05, 0) is 19.1 Å². The number of benzene rings is 2. The van der Waals surface area contributed by atoms with Crippen LogP contribution in [0.5, 0.6) is 11.8 Å². The van der Waals surface area contributed by atoms with Crippen molar-refractivity contribution in [2.45, 2.75) is 6.92 Å². The number of nitrogens with one attached hydrogen (secondary N) is 2. The van der Waals surface area contributed by atoms with Gasteiger partial charge in [0.1, 0.15) is 5.75 Å². The average molecular weight is 484 g/mol. The first kappa shape index (κ1) is 22.5. The van der Waals surface area contributed by atoms with Crippen LogP contribution in [0.1, 0.15) is 6.92 Å². The van der Waals surface area contributed by atoms with Crippen LogP contribution in [0.3, 0.4) is 0 Å². The summed E-state index contributed by atoms with van der Waals surface area (Å²) >= 11 is 11.6. The lowest BCUT2D eigenvalue weighted by Crippen LogP contribution is -2.37. The molecule has 0 bridgehead atoms. The SMILES string of the molecule is CCOc1nc(NC(=O)NS(=O)(=O)Oc2ccc(Cl)c(Cl)c2)nc(-c2ccccc2)n1. The fourth-order valence-electron chi connectivity index (χ4n) is 2.24. The Kier molecular flexibility index (Phi) is 7.10. The zero-order chi connectivity index (χ0) is 22.4. The summed E-state index contributed by atoms with van der Waals surface area (Å²) in [6, 6.07) is 11.5. The Morgan fingerprint density at radius 1 is 1.03 bits per heavy atom. The van der Waals surface area contributed by atoms with Crippen LogP contribution >= 0.6 is 23.2 Å². The minimum absolute atomic E-state index is 0.0402. The number of halogens is 2. The lowest BCUT2D eigenvalue weighted by atomic mass is 10.2. The highest BCUT2D eigenvalue weighted by Gasteiger charge is 2.19. The van der Waals surface area contributed by atoms with Gasteiger partial charge >= 0.3 is 22.3 Å². The number of anilines is 1. The molecule has 2 aromatic carbocycles. The molecule has 1 heterocycles. The molecular weight excluding hydrogens is 469 g/mol. The summed E-state index contributed by atoms with van der Waals surface area (Å²) in [5, 5.41) is 2.51. The standard InChI is InChI=1S/C18H15Cl2N5O5S/c1-2-29-18-22-15(11-6-4-3-5-7-11)21-16(24-18)23-17(26)25-31(27,28)30-12-8-9-13(19)14(20)10-12/h3-10H,2H2,1H3,(H2,21,22,23,24,25,26). The molecule has 0 unspecified atom stereocenters. The third-order valence-electron chi connectivity index (χ3n) is 3.46. The molecule has 0 aliphatic carbocycles. The Hall–Kier alpha value is -3.15. The maximum atomic E-state index is 12.2.